The van der Waals surface area contributed by atoms with E-state index >= 15 is 0 Å². The number of likely N-dealkylation sites (N-methyl/N-ethyl adjacent to an activating group) is 1. The van der Waals surface area contributed by atoms with Crippen LogP contribution in [0.3, 0.4) is 0 Å². The van der Waals surface area contributed by atoms with Crippen LogP contribution in [0, 0.1) is 11.3 Å². The molecule has 2 aromatic rings. The zero-order chi connectivity index (χ0) is 25.7. The van der Waals surface area contributed by atoms with E-state index in [1.807, 2.05) is 0 Å². The van der Waals surface area contributed by atoms with Crippen LogP contribution in [0.5, 0.6) is 11.5 Å². The van der Waals surface area contributed by atoms with Gasteiger partial charge < -0.3 is 19.7 Å². The van der Waals surface area contributed by atoms with Crippen molar-refractivity contribution in [2.45, 2.75) is 31.7 Å². The predicted octanol–water partition coefficient (Wildman–Crippen LogP) is 3.38. The Morgan fingerprint density at radius 1 is 1.20 bits per heavy atom. The SMILES string of the molecule is CNC(=O)[C@@H]1COc2cc(N3C(=S)N(c4ccc(C#N)c(C(F)(F)F)c4)C(=O)C3(C)C)ccc2O1. The standard InChI is InChI=1S/C23H19F3N4O4S/c1-22(2)20(32)29(13-5-4-12(10-27)15(8-13)23(24,25)26)21(35)30(22)14-6-7-16-17(9-14)33-11-18(34-16)19(31)28-3/h4-9,18H,11H2,1-3H3,(H,28,31)/t18-/m0/s1. The van der Waals surface area contributed by atoms with Crippen LogP contribution in [-0.4, -0.2) is 42.2 Å². The van der Waals surface area contributed by atoms with E-state index in [0.717, 1.165) is 17.0 Å². The van der Waals surface area contributed by atoms with Gasteiger partial charge in [-0.3, -0.25) is 14.5 Å². The minimum Gasteiger partial charge on any atom is -0.485 e. The zero-order valence-electron chi connectivity index (χ0n) is 18.8. The Morgan fingerprint density at radius 3 is 2.51 bits per heavy atom. The summed E-state index contributed by atoms with van der Waals surface area (Å²) in [6.07, 6.45) is -5.61. The highest BCUT2D eigenvalue weighted by Gasteiger charge is 2.51. The molecule has 2 amide bonds. The second kappa shape index (κ2) is 8.42. The molecule has 8 nitrogen and oxygen atoms in total. The fourth-order valence-electron chi connectivity index (χ4n) is 3.95. The van der Waals surface area contributed by atoms with Crippen molar-refractivity contribution in [2.24, 2.45) is 0 Å². The highest BCUT2D eigenvalue weighted by Crippen LogP contribution is 2.42. The average Bonchev–Trinajstić information content (AvgIpc) is 3.00. The van der Waals surface area contributed by atoms with Gasteiger partial charge in [0.2, 0.25) is 6.10 Å². The lowest BCUT2D eigenvalue weighted by Gasteiger charge is -2.31. The number of amides is 2. The third-order valence-corrected chi connectivity index (χ3v) is 6.10. The van der Waals surface area contributed by atoms with Crippen molar-refractivity contribution in [3.8, 4) is 17.6 Å². The third kappa shape index (κ3) is 4.01. The van der Waals surface area contributed by atoms with Gasteiger partial charge in [0.15, 0.2) is 16.6 Å². The number of fused-ring (bicyclic) bond motifs is 1. The van der Waals surface area contributed by atoms with Gasteiger partial charge in [0, 0.05) is 18.8 Å². The molecule has 0 bridgehead atoms. The number of carbonyl (C=O) groups is 2. The van der Waals surface area contributed by atoms with Gasteiger partial charge in [0.05, 0.1) is 22.9 Å². The molecule has 0 spiro atoms. The van der Waals surface area contributed by atoms with Gasteiger partial charge in [0.25, 0.3) is 11.8 Å². The summed E-state index contributed by atoms with van der Waals surface area (Å²) in [5.74, 6) is -0.245. The van der Waals surface area contributed by atoms with Crippen LogP contribution < -0.4 is 24.6 Å². The maximum absolute atomic E-state index is 13.5. The van der Waals surface area contributed by atoms with Crippen molar-refractivity contribution >= 4 is 40.5 Å². The Hall–Kier alpha value is -3.85. The van der Waals surface area contributed by atoms with Gasteiger partial charge in [-0.15, -0.1) is 0 Å². The first-order valence-corrected chi connectivity index (χ1v) is 10.8. The molecular formula is C23H19F3N4O4S. The smallest absolute Gasteiger partial charge is 0.417 e. The van der Waals surface area contributed by atoms with E-state index in [1.165, 1.54) is 24.1 Å². The molecule has 35 heavy (non-hydrogen) atoms. The minimum atomic E-state index is -4.79. The number of thiocarbonyl (C=S) groups is 1. The Bertz CT molecular complexity index is 1290. The molecule has 1 fully saturated rings. The number of rotatable bonds is 3. The summed E-state index contributed by atoms with van der Waals surface area (Å²) >= 11 is 5.53. The van der Waals surface area contributed by atoms with Crippen molar-refractivity contribution in [3.63, 3.8) is 0 Å². The summed E-state index contributed by atoms with van der Waals surface area (Å²) < 4.78 is 51.8. The first-order valence-electron chi connectivity index (χ1n) is 10.4. The number of ether oxygens (including phenoxy) is 2. The monoisotopic (exact) mass is 504 g/mol. The number of anilines is 2. The van der Waals surface area contributed by atoms with Crippen LogP contribution in [0.15, 0.2) is 36.4 Å². The Labute approximate surface area is 203 Å². The predicted molar refractivity (Wildman–Crippen MR) is 123 cm³/mol. The van der Waals surface area contributed by atoms with Crippen molar-refractivity contribution in [1.82, 2.24) is 5.32 Å². The maximum Gasteiger partial charge on any atom is 0.417 e. The second-order valence-electron chi connectivity index (χ2n) is 8.32. The molecule has 1 atom stereocenters. The summed E-state index contributed by atoms with van der Waals surface area (Å²) in [6.45, 7) is 3.16. The topological polar surface area (TPSA) is 94.9 Å². The molecule has 0 radical (unpaired) electrons. The van der Waals surface area contributed by atoms with Gasteiger partial charge in [-0.1, -0.05) is 0 Å². The number of nitrogens with one attached hydrogen (secondary N) is 1. The lowest BCUT2D eigenvalue weighted by atomic mass is 10.0. The molecule has 2 heterocycles. The molecule has 4 rings (SSSR count). The summed E-state index contributed by atoms with van der Waals surface area (Å²) in [6, 6.07) is 9.28. The van der Waals surface area contributed by atoms with E-state index < -0.39 is 34.9 Å². The van der Waals surface area contributed by atoms with Crippen molar-refractivity contribution in [3.05, 3.63) is 47.5 Å². The fraction of sp³-hybridized carbons (Fsp3) is 0.304. The van der Waals surface area contributed by atoms with Crippen LogP contribution >= 0.6 is 12.2 Å². The van der Waals surface area contributed by atoms with E-state index in [9.17, 15) is 22.8 Å². The van der Waals surface area contributed by atoms with Crippen LogP contribution in [-0.2, 0) is 15.8 Å². The van der Waals surface area contributed by atoms with Gasteiger partial charge in [-0.25, -0.2) is 0 Å². The van der Waals surface area contributed by atoms with E-state index in [0.29, 0.717) is 17.2 Å². The molecule has 0 aromatic heterocycles. The van der Waals surface area contributed by atoms with E-state index in [4.69, 9.17) is 27.0 Å². The largest absolute Gasteiger partial charge is 0.485 e. The fourth-order valence-corrected chi connectivity index (χ4v) is 4.47. The van der Waals surface area contributed by atoms with E-state index in [2.05, 4.69) is 5.32 Å². The van der Waals surface area contributed by atoms with Gasteiger partial charge >= 0.3 is 6.18 Å². The molecule has 182 valence electrons. The summed E-state index contributed by atoms with van der Waals surface area (Å²) in [4.78, 5) is 27.7. The molecular weight excluding hydrogens is 485 g/mol. The maximum atomic E-state index is 13.5. The molecule has 2 aliphatic heterocycles. The molecule has 1 saturated heterocycles. The molecule has 0 aliphatic carbocycles. The number of halogens is 3. The number of benzene rings is 2. The quantitative estimate of drug-likeness (QED) is 0.641. The van der Waals surface area contributed by atoms with E-state index in [1.54, 1.807) is 32.0 Å². The lowest BCUT2D eigenvalue weighted by Crippen LogP contribution is -2.44. The van der Waals surface area contributed by atoms with Crippen molar-refractivity contribution in [2.75, 3.05) is 23.5 Å². The third-order valence-electron chi connectivity index (χ3n) is 5.74. The average molecular weight is 504 g/mol. The molecule has 12 heteroatoms. The van der Waals surface area contributed by atoms with Crippen LogP contribution in [0.2, 0.25) is 0 Å². The van der Waals surface area contributed by atoms with Crippen LogP contribution in [0.25, 0.3) is 0 Å². The zero-order valence-corrected chi connectivity index (χ0v) is 19.6. The van der Waals surface area contributed by atoms with Crippen molar-refractivity contribution in [1.29, 1.82) is 5.26 Å². The number of alkyl halides is 3. The number of nitrogens with zero attached hydrogens (tertiary/aromatic N) is 3. The first-order chi connectivity index (χ1) is 16.4. The first kappa shape index (κ1) is 24.3. The highest BCUT2D eigenvalue weighted by molar-refractivity contribution is 7.81. The highest BCUT2D eigenvalue weighted by atomic mass is 32.1. The van der Waals surface area contributed by atoms with Gasteiger partial charge in [-0.2, -0.15) is 18.4 Å². The molecule has 2 aliphatic rings. The number of hydrogen-bond donors (Lipinski definition) is 1. The molecule has 0 saturated carbocycles. The van der Waals surface area contributed by atoms with Crippen LogP contribution in [0.1, 0.15) is 25.0 Å². The van der Waals surface area contributed by atoms with Crippen molar-refractivity contribution < 1.29 is 32.2 Å². The van der Waals surface area contributed by atoms with E-state index in [-0.39, 0.29) is 23.3 Å². The Balaban J connectivity index is 1.71. The lowest BCUT2D eigenvalue weighted by molar-refractivity contribution is -0.137. The number of carbonyl (C=O) groups excluding carboxylic acids is 2. The number of hydrogen-bond acceptors (Lipinski definition) is 6. The molecule has 0 unspecified atom stereocenters. The number of nitriles is 1. The Kier molecular flexibility index (Phi) is 5.84. The minimum absolute atomic E-state index is 0.0273. The normalized spacial score (nSPS) is 18.9. The second-order valence-corrected chi connectivity index (χ2v) is 8.68. The molecule has 1 N–H and O–H groups in total. The van der Waals surface area contributed by atoms with Gasteiger partial charge in [-0.05, 0) is 56.4 Å². The summed E-state index contributed by atoms with van der Waals surface area (Å²) in [5.41, 5.74) is -2.63. The summed E-state index contributed by atoms with van der Waals surface area (Å²) in [5, 5.41) is 11.5. The van der Waals surface area contributed by atoms with Crippen LogP contribution in [0.4, 0.5) is 24.5 Å². The van der Waals surface area contributed by atoms with Gasteiger partial charge in [0.1, 0.15) is 12.1 Å². The molecule has 2 aromatic carbocycles. The Morgan fingerprint density at radius 2 is 1.89 bits per heavy atom. The summed E-state index contributed by atoms with van der Waals surface area (Å²) in [7, 11) is 1.48.